The average Bonchev–Trinajstić information content (AvgIpc) is 2.76. The van der Waals surface area contributed by atoms with Gasteiger partial charge in [-0.1, -0.05) is 30.3 Å². The molecule has 0 saturated heterocycles. The summed E-state index contributed by atoms with van der Waals surface area (Å²) < 4.78 is 0. The molecule has 0 fully saturated rings. The summed E-state index contributed by atoms with van der Waals surface area (Å²) >= 11 is 1.73. The number of nitrogens with two attached hydrogens (primary N) is 1. The van der Waals surface area contributed by atoms with Gasteiger partial charge in [-0.15, -0.1) is 11.3 Å². The normalized spacial score (nSPS) is 12.6. The van der Waals surface area contributed by atoms with Gasteiger partial charge in [-0.2, -0.15) is 0 Å². The zero-order valence-electron chi connectivity index (χ0n) is 10.6. The van der Waals surface area contributed by atoms with Gasteiger partial charge in [0.15, 0.2) is 0 Å². The van der Waals surface area contributed by atoms with E-state index in [4.69, 9.17) is 5.73 Å². The summed E-state index contributed by atoms with van der Waals surface area (Å²) in [6, 6.07) is 10.5. The molecule has 0 radical (unpaired) electrons. The monoisotopic (exact) mass is 261 g/mol. The zero-order chi connectivity index (χ0) is 12.8. The molecule has 1 heterocycles. The lowest BCUT2D eigenvalue weighted by Crippen LogP contribution is -2.35. The molecular formula is C14H19N3S. The van der Waals surface area contributed by atoms with Gasteiger partial charge in [0.25, 0.3) is 0 Å². The number of aryl methyl sites for hydroxylation is 1. The van der Waals surface area contributed by atoms with Crippen LogP contribution in [0.3, 0.4) is 0 Å². The van der Waals surface area contributed by atoms with Crippen molar-refractivity contribution in [3.05, 3.63) is 52.0 Å². The van der Waals surface area contributed by atoms with Crippen LogP contribution in [0.2, 0.25) is 0 Å². The number of thiazole rings is 1. The second kappa shape index (κ2) is 6.64. The number of hydrogen-bond donors (Lipinski definition) is 2. The fourth-order valence-electron chi connectivity index (χ4n) is 1.86. The van der Waals surface area contributed by atoms with Gasteiger partial charge in [0, 0.05) is 30.2 Å². The summed E-state index contributed by atoms with van der Waals surface area (Å²) in [5.41, 5.74) is 7.39. The van der Waals surface area contributed by atoms with Crippen molar-refractivity contribution in [2.45, 2.75) is 25.9 Å². The standard InChI is InChI=1S/C14H19N3S/c1-11-17-10-14(18-11)9-16-8-13(15)7-12-5-3-2-4-6-12/h2-6,10,13,16H,7-9,15H2,1H3. The first-order valence-corrected chi connectivity index (χ1v) is 6.97. The van der Waals surface area contributed by atoms with Crippen LogP contribution in [0.1, 0.15) is 15.4 Å². The quantitative estimate of drug-likeness (QED) is 0.837. The van der Waals surface area contributed by atoms with Gasteiger partial charge in [0.2, 0.25) is 0 Å². The molecule has 96 valence electrons. The average molecular weight is 261 g/mol. The van der Waals surface area contributed by atoms with Crippen molar-refractivity contribution in [1.82, 2.24) is 10.3 Å². The molecule has 0 spiro atoms. The molecule has 1 aromatic heterocycles. The van der Waals surface area contributed by atoms with E-state index in [1.54, 1.807) is 11.3 Å². The van der Waals surface area contributed by atoms with Gasteiger partial charge in [0.1, 0.15) is 0 Å². The summed E-state index contributed by atoms with van der Waals surface area (Å²) in [6.45, 7) is 3.70. The molecular weight excluding hydrogens is 242 g/mol. The lowest BCUT2D eigenvalue weighted by Gasteiger charge is -2.12. The van der Waals surface area contributed by atoms with Gasteiger partial charge in [0.05, 0.1) is 5.01 Å². The smallest absolute Gasteiger partial charge is 0.0897 e. The molecule has 0 bridgehead atoms. The molecule has 0 aliphatic carbocycles. The van der Waals surface area contributed by atoms with E-state index < -0.39 is 0 Å². The minimum absolute atomic E-state index is 0.154. The third-order valence-electron chi connectivity index (χ3n) is 2.72. The molecule has 2 rings (SSSR count). The van der Waals surface area contributed by atoms with Crippen LogP contribution < -0.4 is 11.1 Å². The van der Waals surface area contributed by atoms with Crippen molar-refractivity contribution in [3.8, 4) is 0 Å². The van der Waals surface area contributed by atoms with Crippen LogP contribution >= 0.6 is 11.3 Å². The Labute approximate surface area is 112 Å². The molecule has 2 aromatic rings. The first kappa shape index (κ1) is 13.2. The minimum Gasteiger partial charge on any atom is -0.326 e. The summed E-state index contributed by atoms with van der Waals surface area (Å²) in [5.74, 6) is 0. The Morgan fingerprint density at radius 3 is 2.78 bits per heavy atom. The van der Waals surface area contributed by atoms with Crippen LogP contribution in [0, 0.1) is 6.92 Å². The van der Waals surface area contributed by atoms with Crippen LogP contribution in [0.25, 0.3) is 0 Å². The van der Waals surface area contributed by atoms with Crippen LogP contribution in [0.4, 0.5) is 0 Å². The molecule has 0 aliphatic heterocycles. The Kier molecular flexibility index (Phi) is 4.87. The SMILES string of the molecule is Cc1ncc(CNCC(N)Cc2ccccc2)s1. The van der Waals surface area contributed by atoms with E-state index >= 15 is 0 Å². The Morgan fingerprint density at radius 2 is 2.11 bits per heavy atom. The van der Waals surface area contributed by atoms with Crippen molar-refractivity contribution < 1.29 is 0 Å². The highest BCUT2D eigenvalue weighted by Gasteiger charge is 2.04. The van der Waals surface area contributed by atoms with Crippen LogP contribution in [0.5, 0.6) is 0 Å². The highest BCUT2D eigenvalue weighted by Crippen LogP contribution is 2.10. The van der Waals surface area contributed by atoms with Crippen LogP contribution in [-0.4, -0.2) is 17.6 Å². The van der Waals surface area contributed by atoms with E-state index in [0.717, 1.165) is 24.5 Å². The zero-order valence-corrected chi connectivity index (χ0v) is 11.4. The molecule has 0 saturated carbocycles. The molecule has 1 atom stereocenters. The summed E-state index contributed by atoms with van der Waals surface area (Å²) in [5, 5.41) is 4.49. The Hall–Kier alpha value is -1.23. The maximum absolute atomic E-state index is 6.10. The van der Waals surface area contributed by atoms with Crippen molar-refractivity contribution >= 4 is 11.3 Å². The molecule has 3 nitrogen and oxygen atoms in total. The van der Waals surface area contributed by atoms with Crippen molar-refractivity contribution in [2.75, 3.05) is 6.54 Å². The van der Waals surface area contributed by atoms with E-state index in [9.17, 15) is 0 Å². The number of nitrogens with zero attached hydrogens (tertiary/aromatic N) is 1. The predicted molar refractivity (Wildman–Crippen MR) is 76.7 cm³/mol. The third kappa shape index (κ3) is 4.22. The second-order valence-electron chi connectivity index (χ2n) is 4.43. The number of nitrogens with one attached hydrogen (secondary N) is 1. The van der Waals surface area contributed by atoms with Crippen molar-refractivity contribution in [2.24, 2.45) is 5.73 Å². The fraction of sp³-hybridized carbons (Fsp3) is 0.357. The summed E-state index contributed by atoms with van der Waals surface area (Å²) in [7, 11) is 0. The Balaban J connectivity index is 1.70. The van der Waals surface area contributed by atoms with E-state index in [0.29, 0.717) is 0 Å². The number of benzene rings is 1. The maximum atomic E-state index is 6.10. The lowest BCUT2D eigenvalue weighted by molar-refractivity contribution is 0.575. The van der Waals surface area contributed by atoms with Gasteiger partial charge in [-0.05, 0) is 18.9 Å². The summed E-state index contributed by atoms with van der Waals surface area (Å²) in [4.78, 5) is 5.49. The lowest BCUT2D eigenvalue weighted by atomic mass is 10.1. The minimum atomic E-state index is 0.154. The molecule has 3 N–H and O–H groups in total. The van der Waals surface area contributed by atoms with Gasteiger partial charge in [-0.25, -0.2) is 4.98 Å². The highest BCUT2D eigenvalue weighted by molar-refractivity contribution is 7.11. The largest absolute Gasteiger partial charge is 0.326 e. The first-order valence-electron chi connectivity index (χ1n) is 6.15. The van der Waals surface area contributed by atoms with E-state index in [1.807, 2.05) is 19.2 Å². The van der Waals surface area contributed by atoms with E-state index in [-0.39, 0.29) is 6.04 Å². The number of aromatic nitrogens is 1. The van der Waals surface area contributed by atoms with Gasteiger partial charge >= 0.3 is 0 Å². The number of hydrogen-bond acceptors (Lipinski definition) is 4. The van der Waals surface area contributed by atoms with E-state index in [2.05, 4.69) is 34.6 Å². The first-order chi connectivity index (χ1) is 8.74. The summed E-state index contributed by atoms with van der Waals surface area (Å²) in [6.07, 6.45) is 2.84. The second-order valence-corrected chi connectivity index (χ2v) is 5.75. The van der Waals surface area contributed by atoms with Gasteiger partial charge in [-0.3, -0.25) is 0 Å². The fourth-order valence-corrected chi connectivity index (χ4v) is 2.62. The topological polar surface area (TPSA) is 50.9 Å². The molecule has 0 aliphatic rings. The maximum Gasteiger partial charge on any atom is 0.0897 e. The molecule has 18 heavy (non-hydrogen) atoms. The Bertz CT molecular complexity index is 467. The van der Waals surface area contributed by atoms with Crippen LogP contribution in [-0.2, 0) is 13.0 Å². The third-order valence-corrected chi connectivity index (χ3v) is 3.63. The molecule has 0 amide bonds. The van der Waals surface area contributed by atoms with Crippen LogP contribution in [0.15, 0.2) is 36.5 Å². The highest BCUT2D eigenvalue weighted by atomic mass is 32.1. The molecule has 1 unspecified atom stereocenters. The van der Waals surface area contributed by atoms with Crippen molar-refractivity contribution in [3.63, 3.8) is 0 Å². The predicted octanol–water partition coefficient (Wildman–Crippen LogP) is 2.11. The molecule has 1 aromatic carbocycles. The van der Waals surface area contributed by atoms with Gasteiger partial charge < -0.3 is 11.1 Å². The Morgan fingerprint density at radius 1 is 1.33 bits per heavy atom. The van der Waals surface area contributed by atoms with E-state index in [1.165, 1.54) is 10.4 Å². The van der Waals surface area contributed by atoms with Crippen molar-refractivity contribution in [1.29, 1.82) is 0 Å². The number of rotatable bonds is 6. The molecule has 4 heteroatoms.